The lowest BCUT2D eigenvalue weighted by atomic mass is 9.53. The highest BCUT2D eigenvalue weighted by Crippen LogP contribution is 2.48. The Morgan fingerprint density at radius 1 is 1.00 bits per heavy atom. The predicted octanol–water partition coefficient (Wildman–Crippen LogP) is -1.07. The minimum atomic E-state index is -0.964. The van der Waals surface area contributed by atoms with Gasteiger partial charge >= 0.3 is 0 Å². The molecule has 1 fully saturated rings. The molecule has 3 N–H and O–H groups in total. The van der Waals surface area contributed by atoms with Gasteiger partial charge in [-0.05, 0) is 20.9 Å². The third-order valence-corrected chi connectivity index (χ3v) is 3.75. The van der Waals surface area contributed by atoms with Crippen LogP contribution in [0, 0.1) is 23.7 Å². The maximum absolute atomic E-state index is 11.8. The largest absolute Gasteiger partial charge is 0.378 e. The highest BCUT2D eigenvalue weighted by Gasteiger charge is 2.59. The van der Waals surface area contributed by atoms with Crippen molar-refractivity contribution in [3.05, 3.63) is 0 Å². The van der Waals surface area contributed by atoms with Crippen LogP contribution < -0.4 is 10.6 Å². The third kappa shape index (κ3) is 2.30. The molecule has 1 saturated carbocycles. The summed E-state index contributed by atoms with van der Waals surface area (Å²) in [6.07, 6.45) is -0.964. The maximum Gasteiger partial charge on any atom is 0.224 e. The summed E-state index contributed by atoms with van der Waals surface area (Å²) in [4.78, 5) is 35.0. The summed E-state index contributed by atoms with van der Waals surface area (Å²) in [6.45, 7) is 2.76. The summed E-state index contributed by atoms with van der Waals surface area (Å²) in [5.41, 5.74) is 0. The first kappa shape index (κ1) is 14.8. The highest BCUT2D eigenvalue weighted by atomic mass is 16.3. The van der Waals surface area contributed by atoms with Crippen molar-refractivity contribution in [2.75, 3.05) is 14.1 Å². The second-order valence-electron chi connectivity index (χ2n) is 4.72. The van der Waals surface area contributed by atoms with E-state index in [1.807, 2.05) is 0 Å². The number of ketones is 2. The van der Waals surface area contributed by atoms with Gasteiger partial charge in [-0.2, -0.15) is 0 Å². The molecule has 3 unspecified atom stereocenters. The first-order valence-corrected chi connectivity index (χ1v) is 5.94. The van der Waals surface area contributed by atoms with Gasteiger partial charge in [-0.25, -0.2) is 0 Å². The van der Waals surface area contributed by atoms with E-state index in [9.17, 15) is 19.5 Å². The quantitative estimate of drug-likeness (QED) is 0.544. The fraction of sp³-hybridized carbons (Fsp3) is 0.750. The van der Waals surface area contributed by atoms with E-state index >= 15 is 0 Å². The molecule has 0 aromatic rings. The summed E-state index contributed by atoms with van der Waals surface area (Å²) in [7, 11) is 3.02. The van der Waals surface area contributed by atoms with Gasteiger partial charge in [0.05, 0.1) is 5.92 Å². The number of aliphatic hydroxyl groups excluding tert-OH is 1. The molecule has 0 bridgehead atoms. The number of Topliss-reactive ketones (excluding diaryl/α,β-unsaturated/α-hetero) is 2. The molecule has 0 heterocycles. The van der Waals surface area contributed by atoms with Crippen molar-refractivity contribution in [2.45, 2.75) is 20.1 Å². The van der Waals surface area contributed by atoms with Gasteiger partial charge in [0.15, 0.2) is 0 Å². The second-order valence-corrected chi connectivity index (χ2v) is 4.72. The normalized spacial score (nSPS) is 32.3. The lowest BCUT2D eigenvalue weighted by Gasteiger charge is -2.50. The number of amides is 1. The summed E-state index contributed by atoms with van der Waals surface area (Å²) < 4.78 is 0. The Labute approximate surface area is 106 Å². The minimum absolute atomic E-state index is 0.180. The lowest BCUT2D eigenvalue weighted by Crippen LogP contribution is -2.63. The summed E-state index contributed by atoms with van der Waals surface area (Å²) in [5.74, 6) is -3.11. The van der Waals surface area contributed by atoms with Gasteiger partial charge in [0.25, 0.3) is 0 Å². The SMILES string of the molecule is CNC(=O)C1C(C(C)=O)C(C(O)NC)C1C(C)=O. The molecule has 1 rings (SSSR count). The predicted molar refractivity (Wildman–Crippen MR) is 64.5 cm³/mol. The van der Waals surface area contributed by atoms with Crippen molar-refractivity contribution < 1.29 is 19.5 Å². The molecule has 6 nitrogen and oxygen atoms in total. The van der Waals surface area contributed by atoms with Gasteiger partial charge in [-0.1, -0.05) is 0 Å². The van der Waals surface area contributed by atoms with Crippen LogP contribution in [-0.2, 0) is 14.4 Å². The van der Waals surface area contributed by atoms with Crippen LogP contribution in [0.1, 0.15) is 13.8 Å². The van der Waals surface area contributed by atoms with E-state index in [-0.39, 0.29) is 17.5 Å². The second kappa shape index (κ2) is 5.58. The van der Waals surface area contributed by atoms with E-state index < -0.39 is 29.9 Å². The fourth-order valence-electron chi connectivity index (χ4n) is 2.91. The zero-order valence-corrected chi connectivity index (χ0v) is 11.1. The van der Waals surface area contributed by atoms with E-state index in [0.29, 0.717) is 0 Å². The van der Waals surface area contributed by atoms with Crippen LogP contribution in [0.2, 0.25) is 0 Å². The van der Waals surface area contributed by atoms with Crippen LogP contribution in [0.4, 0.5) is 0 Å². The van der Waals surface area contributed by atoms with Crippen LogP contribution in [0.25, 0.3) is 0 Å². The Morgan fingerprint density at radius 3 is 1.72 bits per heavy atom. The average molecular weight is 256 g/mol. The topological polar surface area (TPSA) is 95.5 Å². The molecular formula is C12H20N2O4. The van der Waals surface area contributed by atoms with Crippen LogP contribution in [0.5, 0.6) is 0 Å². The summed E-state index contributed by atoms with van der Waals surface area (Å²) in [6, 6.07) is 0. The average Bonchev–Trinajstić information content (AvgIpc) is 2.25. The van der Waals surface area contributed by atoms with Crippen LogP contribution >= 0.6 is 0 Å². The fourth-order valence-corrected chi connectivity index (χ4v) is 2.91. The van der Waals surface area contributed by atoms with Gasteiger partial charge in [0.1, 0.15) is 17.8 Å². The number of hydrogen-bond acceptors (Lipinski definition) is 5. The van der Waals surface area contributed by atoms with Crippen LogP contribution in [-0.4, -0.2) is 42.9 Å². The number of nitrogens with one attached hydrogen (secondary N) is 2. The molecule has 0 spiro atoms. The smallest absolute Gasteiger partial charge is 0.224 e. The minimum Gasteiger partial charge on any atom is -0.378 e. The van der Waals surface area contributed by atoms with E-state index in [4.69, 9.17) is 0 Å². The standard InChI is InChI=1S/C12H20N2O4/c1-5(15)7-9(11(17)13-3)8(6(2)16)10(7)12(18)14-4/h7-11,13,17H,1-4H3,(H,14,18). The van der Waals surface area contributed by atoms with Crippen molar-refractivity contribution in [1.82, 2.24) is 10.6 Å². The van der Waals surface area contributed by atoms with Crippen molar-refractivity contribution in [3.63, 3.8) is 0 Å². The molecule has 0 radical (unpaired) electrons. The number of hydrogen-bond donors (Lipinski definition) is 3. The molecule has 0 saturated heterocycles. The first-order chi connectivity index (χ1) is 8.36. The van der Waals surface area contributed by atoms with Crippen molar-refractivity contribution in [1.29, 1.82) is 0 Å². The van der Waals surface area contributed by atoms with E-state index in [1.165, 1.54) is 20.9 Å². The first-order valence-electron chi connectivity index (χ1n) is 5.94. The van der Waals surface area contributed by atoms with Crippen LogP contribution in [0.3, 0.4) is 0 Å². The molecule has 102 valence electrons. The lowest BCUT2D eigenvalue weighted by molar-refractivity contribution is -0.168. The Hall–Kier alpha value is -1.27. The highest BCUT2D eigenvalue weighted by molar-refractivity contribution is 5.96. The Balaban J connectivity index is 3.06. The molecular weight excluding hydrogens is 236 g/mol. The summed E-state index contributed by atoms with van der Waals surface area (Å²) >= 11 is 0. The number of aliphatic hydroxyl groups is 1. The van der Waals surface area contributed by atoms with Gasteiger partial charge in [0, 0.05) is 24.8 Å². The maximum atomic E-state index is 11.8. The van der Waals surface area contributed by atoms with E-state index in [1.54, 1.807) is 7.05 Å². The van der Waals surface area contributed by atoms with Crippen molar-refractivity contribution >= 4 is 17.5 Å². The molecule has 1 aliphatic carbocycles. The number of rotatable bonds is 5. The Kier molecular flexibility index (Phi) is 4.59. The number of carbonyl (C=O) groups excluding carboxylic acids is 3. The van der Waals surface area contributed by atoms with Crippen LogP contribution in [0.15, 0.2) is 0 Å². The van der Waals surface area contributed by atoms with Gasteiger partial charge < -0.3 is 10.4 Å². The van der Waals surface area contributed by atoms with E-state index in [0.717, 1.165) is 0 Å². The molecule has 0 aliphatic heterocycles. The molecule has 6 heteroatoms. The van der Waals surface area contributed by atoms with E-state index in [2.05, 4.69) is 10.6 Å². The molecule has 0 aromatic carbocycles. The zero-order valence-electron chi connectivity index (χ0n) is 11.1. The van der Waals surface area contributed by atoms with Gasteiger partial charge in [-0.3, -0.25) is 19.7 Å². The zero-order chi connectivity index (χ0) is 14.0. The van der Waals surface area contributed by atoms with Gasteiger partial charge in [-0.15, -0.1) is 0 Å². The molecule has 3 atom stereocenters. The molecule has 1 aliphatic rings. The molecule has 18 heavy (non-hydrogen) atoms. The summed E-state index contributed by atoms with van der Waals surface area (Å²) in [5, 5.41) is 14.9. The van der Waals surface area contributed by atoms with Crippen molar-refractivity contribution in [2.24, 2.45) is 23.7 Å². The van der Waals surface area contributed by atoms with Gasteiger partial charge in [0.2, 0.25) is 5.91 Å². The Morgan fingerprint density at radius 2 is 1.44 bits per heavy atom. The monoisotopic (exact) mass is 256 g/mol. The molecule has 0 aromatic heterocycles. The van der Waals surface area contributed by atoms with Crippen molar-refractivity contribution in [3.8, 4) is 0 Å². The third-order valence-electron chi connectivity index (χ3n) is 3.75. The number of carbonyl (C=O) groups is 3. The Bertz CT molecular complexity index is 347. The molecule has 1 amide bonds.